The fourth-order valence-corrected chi connectivity index (χ4v) is 5.38. The first-order valence-electron chi connectivity index (χ1n) is 9.21. The Morgan fingerprint density at radius 3 is 2.39 bits per heavy atom. The van der Waals surface area contributed by atoms with Crippen LogP contribution < -0.4 is 21.7 Å². The maximum absolute atomic E-state index is 12.6. The molecule has 2 amide bonds. The van der Waals surface area contributed by atoms with Gasteiger partial charge in [0, 0.05) is 14.9 Å². The highest BCUT2D eigenvalue weighted by atomic mass is 79.9. The molecule has 6 nitrogen and oxygen atoms in total. The monoisotopic (exact) mass is 582 g/mol. The van der Waals surface area contributed by atoms with Crippen molar-refractivity contribution in [2.75, 3.05) is 5.32 Å². The van der Waals surface area contributed by atoms with E-state index in [4.69, 9.17) is 52.8 Å². The average molecular weight is 585 g/mol. The number of hydrogen-bond donors (Lipinski definition) is 4. The van der Waals surface area contributed by atoms with E-state index in [1.807, 2.05) is 0 Å². The number of thiocarbonyl (C=S) groups is 1. The highest BCUT2D eigenvalue weighted by molar-refractivity contribution is 9.10. The molecular weight excluding hydrogens is 567 g/mol. The number of hydrogen-bond acceptors (Lipinski definition) is 4. The van der Waals surface area contributed by atoms with E-state index in [0.29, 0.717) is 16.1 Å². The number of halogens is 4. The summed E-state index contributed by atoms with van der Waals surface area (Å²) < 4.78 is -1.08. The van der Waals surface area contributed by atoms with Crippen LogP contribution in [0.3, 0.4) is 0 Å². The number of carbonyl (C=O) groups is 2. The summed E-state index contributed by atoms with van der Waals surface area (Å²) in [5.41, 5.74) is 7.40. The molecular formula is C19H18BrCl3N4O2S2. The van der Waals surface area contributed by atoms with Crippen molar-refractivity contribution < 1.29 is 9.59 Å². The summed E-state index contributed by atoms with van der Waals surface area (Å²) in [5, 5.41) is 9.02. The van der Waals surface area contributed by atoms with Crippen LogP contribution in [0, 0.1) is 0 Å². The summed E-state index contributed by atoms with van der Waals surface area (Å²) in [6, 6.07) is 6.70. The van der Waals surface area contributed by atoms with Crippen LogP contribution in [-0.4, -0.2) is 26.9 Å². The van der Waals surface area contributed by atoms with Crippen LogP contribution in [0.5, 0.6) is 0 Å². The van der Waals surface area contributed by atoms with Gasteiger partial charge in [0.2, 0.25) is 3.79 Å². The molecule has 1 aromatic heterocycles. The number of primary amides is 1. The van der Waals surface area contributed by atoms with Crippen molar-refractivity contribution in [3.63, 3.8) is 0 Å². The minimum atomic E-state index is -1.90. The number of carbonyl (C=O) groups excluding carboxylic acids is 2. The molecule has 1 aliphatic carbocycles. The zero-order chi connectivity index (χ0) is 22.8. The molecule has 0 spiro atoms. The standard InChI is InChI=1S/C19H18BrCl3N4O2S2/c20-10-7-5-9(6-8-10)15(29)25-17(19(21,22)23)27-18(30)26-16-13(14(24)28)11-3-1-2-4-12(11)31-16/h5-8,17H,1-4H2,(H2,24,28)(H,25,29)(H2,26,27,30)/t17-/m1/s1. The van der Waals surface area contributed by atoms with Crippen molar-refractivity contribution in [2.45, 2.75) is 35.6 Å². The van der Waals surface area contributed by atoms with Gasteiger partial charge in [-0.15, -0.1) is 11.3 Å². The predicted octanol–water partition coefficient (Wildman–Crippen LogP) is 4.90. The van der Waals surface area contributed by atoms with E-state index < -0.39 is 21.8 Å². The number of nitrogens with one attached hydrogen (secondary N) is 3. The number of benzene rings is 1. The van der Waals surface area contributed by atoms with E-state index in [2.05, 4.69) is 31.9 Å². The van der Waals surface area contributed by atoms with E-state index in [-0.39, 0.29) is 5.11 Å². The van der Waals surface area contributed by atoms with E-state index in [0.717, 1.165) is 40.6 Å². The van der Waals surface area contributed by atoms with Crippen LogP contribution in [0.25, 0.3) is 0 Å². The van der Waals surface area contributed by atoms with Gasteiger partial charge in [-0.05, 0) is 67.7 Å². The summed E-state index contributed by atoms with van der Waals surface area (Å²) in [5.74, 6) is -0.977. The number of rotatable bonds is 5. The van der Waals surface area contributed by atoms with Crippen LogP contribution in [0.4, 0.5) is 5.00 Å². The zero-order valence-corrected chi connectivity index (χ0v) is 21.4. The second-order valence-electron chi connectivity index (χ2n) is 6.83. The lowest BCUT2D eigenvalue weighted by molar-refractivity contribution is 0.0933. The SMILES string of the molecule is NC(=O)c1c(NC(=S)N[C@@H](NC(=O)c2ccc(Br)cc2)C(Cl)(Cl)Cl)sc2c1CCCC2. The number of amides is 2. The molecule has 0 saturated heterocycles. The predicted molar refractivity (Wildman–Crippen MR) is 135 cm³/mol. The second kappa shape index (κ2) is 10.2. The third-order valence-electron chi connectivity index (χ3n) is 4.63. The second-order valence-corrected chi connectivity index (χ2v) is 11.6. The van der Waals surface area contributed by atoms with Gasteiger partial charge in [0.25, 0.3) is 11.8 Å². The third kappa shape index (κ3) is 6.24. The minimum absolute atomic E-state index is 0.0773. The molecule has 0 fully saturated rings. The lowest BCUT2D eigenvalue weighted by Gasteiger charge is -2.27. The first-order valence-corrected chi connectivity index (χ1v) is 12.4. The first-order chi connectivity index (χ1) is 14.6. The lowest BCUT2D eigenvalue weighted by atomic mass is 9.95. The largest absolute Gasteiger partial charge is 0.365 e. The van der Waals surface area contributed by atoms with Crippen LogP contribution in [0.2, 0.25) is 0 Å². The van der Waals surface area contributed by atoms with Crippen LogP contribution in [0.15, 0.2) is 28.7 Å². The highest BCUT2D eigenvalue weighted by Crippen LogP contribution is 2.38. The topological polar surface area (TPSA) is 96.2 Å². The fourth-order valence-electron chi connectivity index (χ4n) is 3.20. The number of fused-ring (bicyclic) bond motifs is 1. The Bertz CT molecular complexity index is 1010. The summed E-state index contributed by atoms with van der Waals surface area (Å²) in [6.07, 6.45) is 2.61. The van der Waals surface area contributed by atoms with Gasteiger partial charge in [-0.3, -0.25) is 9.59 Å². The van der Waals surface area contributed by atoms with Gasteiger partial charge in [0.05, 0.1) is 5.56 Å². The van der Waals surface area contributed by atoms with Crippen molar-refractivity contribution in [1.82, 2.24) is 10.6 Å². The molecule has 0 saturated carbocycles. The average Bonchev–Trinajstić information content (AvgIpc) is 3.05. The van der Waals surface area contributed by atoms with E-state index in [1.54, 1.807) is 24.3 Å². The molecule has 0 bridgehead atoms. The molecule has 0 radical (unpaired) electrons. The van der Waals surface area contributed by atoms with Crippen LogP contribution in [-0.2, 0) is 12.8 Å². The number of thiophene rings is 1. The Morgan fingerprint density at radius 2 is 1.77 bits per heavy atom. The number of nitrogens with two attached hydrogens (primary N) is 1. The Labute approximate surface area is 212 Å². The van der Waals surface area contributed by atoms with Gasteiger partial charge in [0.15, 0.2) is 5.11 Å². The molecule has 1 aliphatic rings. The van der Waals surface area contributed by atoms with Crippen molar-refractivity contribution >= 4 is 96.2 Å². The maximum Gasteiger partial charge on any atom is 0.252 e. The molecule has 1 atom stereocenters. The maximum atomic E-state index is 12.6. The number of anilines is 1. The van der Waals surface area contributed by atoms with Gasteiger partial charge in [-0.2, -0.15) is 0 Å². The third-order valence-corrected chi connectivity index (χ3v) is 7.24. The Hall–Kier alpha value is -1.10. The van der Waals surface area contributed by atoms with Crippen LogP contribution >= 0.6 is 74.3 Å². The van der Waals surface area contributed by atoms with E-state index in [9.17, 15) is 9.59 Å². The van der Waals surface area contributed by atoms with E-state index >= 15 is 0 Å². The van der Waals surface area contributed by atoms with Gasteiger partial charge in [0.1, 0.15) is 11.2 Å². The highest BCUT2D eigenvalue weighted by Gasteiger charge is 2.35. The molecule has 5 N–H and O–H groups in total. The van der Waals surface area contributed by atoms with Gasteiger partial charge < -0.3 is 21.7 Å². The molecule has 2 aromatic rings. The number of aryl methyl sites for hydroxylation is 1. The normalized spacial score (nSPS) is 14.3. The van der Waals surface area contributed by atoms with Gasteiger partial charge >= 0.3 is 0 Å². The molecule has 3 rings (SSSR count). The molecule has 1 aromatic carbocycles. The summed E-state index contributed by atoms with van der Waals surface area (Å²) in [4.78, 5) is 25.7. The van der Waals surface area contributed by atoms with Crippen molar-refractivity contribution in [2.24, 2.45) is 5.73 Å². The first kappa shape index (κ1) is 24.5. The van der Waals surface area contributed by atoms with Crippen molar-refractivity contribution in [3.05, 3.63) is 50.3 Å². The van der Waals surface area contributed by atoms with Crippen molar-refractivity contribution in [3.8, 4) is 0 Å². The number of alkyl halides is 3. The summed E-state index contributed by atoms with van der Waals surface area (Å²) in [7, 11) is 0. The van der Waals surface area contributed by atoms with Crippen LogP contribution in [0.1, 0.15) is 44.0 Å². The quantitative estimate of drug-likeness (QED) is 0.228. The smallest absolute Gasteiger partial charge is 0.252 e. The summed E-state index contributed by atoms with van der Waals surface area (Å²) >= 11 is 28.3. The lowest BCUT2D eigenvalue weighted by Crippen LogP contribution is -2.56. The molecule has 166 valence electrons. The Kier molecular flexibility index (Phi) is 8.10. The minimum Gasteiger partial charge on any atom is -0.365 e. The fraction of sp³-hybridized carbons (Fsp3) is 0.316. The molecule has 12 heteroatoms. The zero-order valence-electron chi connectivity index (χ0n) is 15.9. The van der Waals surface area contributed by atoms with E-state index in [1.165, 1.54) is 11.3 Å². The Balaban J connectivity index is 1.75. The molecule has 31 heavy (non-hydrogen) atoms. The van der Waals surface area contributed by atoms with Gasteiger partial charge in [-0.1, -0.05) is 50.7 Å². The summed E-state index contributed by atoms with van der Waals surface area (Å²) in [6.45, 7) is 0. The Morgan fingerprint density at radius 1 is 1.13 bits per heavy atom. The molecule has 1 heterocycles. The van der Waals surface area contributed by atoms with Crippen molar-refractivity contribution in [1.29, 1.82) is 0 Å². The molecule has 0 unspecified atom stereocenters. The van der Waals surface area contributed by atoms with Gasteiger partial charge in [-0.25, -0.2) is 0 Å². The molecule has 0 aliphatic heterocycles.